The SMILES string of the molecule is CCSC1CC(=O)N(C)C1=O. The van der Waals surface area contributed by atoms with Gasteiger partial charge in [-0.05, 0) is 5.75 Å². The molecule has 0 spiro atoms. The topological polar surface area (TPSA) is 37.4 Å². The van der Waals surface area contributed by atoms with Gasteiger partial charge in [0, 0.05) is 13.5 Å². The fraction of sp³-hybridized carbons (Fsp3) is 0.714. The van der Waals surface area contributed by atoms with Gasteiger partial charge in [0.1, 0.15) is 0 Å². The van der Waals surface area contributed by atoms with Gasteiger partial charge in [-0.25, -0.2) is 0 Å². The largest absolute Gasteiger partial charge is 0.285 e. The summed E-state index contributed by atoms with van der Waals surface area (Å²) < 4.78 is 0. The van der Waals surface area contributed by atoms with Crippen LogP contribution in [0.15, 0.2) is 0 Å². The fourth-order valence-corrected chi connectivity index (χ4v) is 2.02. The lowest BCUT2D eigenvalue weighted by molar-refractivity contribution is -0.136. The molecule has 62 valence electrons. The molecule has 0 aromatic heterocycles. The number of hydrogen-bond acceptors (Lipinski definition) is 3. The van der Waals surface area contributed by atoms with Gasteiger partial charge < -0.3 is 0 Å². The van der Waals surface area contributed by atoms with Gasteiger partial charge in [-0.15, -0.1) is 11.8 Å². The number of likely N-dealkylation sites (tertiary alicyclic amines) is 1. The summed E-state index contributed by atoms with van der Waals surface area (Å²) in [6, 6.07) is 0. The van der Waals surface area contributed by atoms with E-state index in [0.29, 0.717) is 6.42 Å². The summed E-state index contributed by atoms with van der Waals surface area (Å²) in [5, 5.41) is -0.113. The van der Waals surface area contributed by atoms with E-state index < -0.39 is 0 Å². The molecule has 0 aliphatic carbocycles. The second-order valence-electron chi connectivity index (χ2n) is 2.44. The third kappa shape index (κ3) is 1.56. The van der Waals surface area contributed by atoms with Gasteiger partial charge in [-0.2, -0.15) is 0 Å². The van der Waals surface area contributed by atoms with E-state index in [-0.39, 0.29) is 17.1 Å². The molecule has 1 unspecified atom stereocenters. The molecule has 2 amide bonds. The Morgan fingerprint density at radius 3 is 2.64 bits per heavy atom. The van der Waals surface area contributed by atoms with Crippen molar-refractivity contribution in [1.82, 2.24) is 4.90 Å². The van der Waals surface area contributed by atoms with Gasteiger partial charge in [0.2, 0.25) is 11.8 Å². The normalized spacial score (nSPS) is 24.9. The molecule has 11 heavy (non-hydrogen) atoms. The molecule has 1 fully saturated rings. The Bertz CT molecular complexity index is 193. The summed E-state index contributed by atoms with van der Waals surface area (Å²) in [4.78, 5) is 23.4. The first kappa shape index (κ1) is 8.59. The van der Waals surface area contributed by atoms with Crippen molar-refractivity contribution in [3.05, 3.63) is 0 Å². The Balaban J connectivity index is 2.60. The van der Waals surface area contributed by atoms with E-state index in [1.165, 1.54) is 4.90 Å². The Kier molecular flexibility index (Phi) is 2.54. The third-order valence-electron chi connectivity index (χ3n) is 1.71. The second-order valence-corrected chi connectivity index (χ2v) is 3.92. The molecule has 0 aromatic carbocycles. The van der Waals surface area contributed by atoms with E-state index in [1.54, 1.807) is 18.8 Å². The maximum Gasteiger partial charge on any atom is 0.242 e. The Labute approximate surface area is 70.1 Å². The molecule has 1 aliphatic heterocycles. The molecule has 0 N–H and O–H groups in total. The van der Waals surface area contributed by atoms with E-state index in [2.05, 4.69) is 0 Å². The summed E-state index contributed by atoms with van der Waals surface area (Å²) in [7, 11) is 1.54. The zero-order valence-corrected chi connectivity index (χ0v) is 7.48. The quantitative estimate of drug-likeness (QED) is 0.570. The average molecular weight is 173 g/mol. The molecule has 0 bridgehead atoms. The Morgan fingerprint density at radius 1 is 1.64 bits per heavy atom. The molecule has 3 nitrogen and oxygen atoms in total. The number of nitrogens with zero attached hydrogens (tertiary/aromatic N) is 1. The zero-order chi connectivity index (χ0) is 8.43. The highest BCUT2D eigenvalue weighted by Crippen LogP contribution is 2.23. The lowest BCUT2D eigenvalue weighted by Crippen LogP contribution is -2.26. The highest BCUT2D eigenvalue weighted by Gasteiger charge is 2.35. The molecule has 0 aromatic rings. The summed E-state index contributed by atoms with van der Waals surface area (Å²) in [5.41, 5.74) is 0. The molecule has 0 radical (unpaired) electrons. The predicted molar refractivity (Wildman–Crippen MR) is 44.3 cm³/mol. The van der Waals surface area contributed by atoms with Gasteiger partial charge >= 0.3 is 0 Å². The first-order chi connectivity index (χ1) is 5.16. The summed E-state index contributed by atoms with van der Waals surface area (Å²) in [6.07, 6.45) is 0.383. The number of hydrogen-bond donors (Lipinski definition) is 0. The monoisotopic (exact) mass is 173 g/mol. The van der Waals surface area contributed by atoms with Crippen LogP contribution in [-0.2, 0) is 9.59 Å². The minimum absolute atomic E-state index is 0.0400. The minimum atomic E-state index is -0.113. The van der Waals surface area contributed by atoms with E-state index in [0.717, 1.165) is 5.75 Å². The molecule has 1 rings (SSSR count). The third-order valence-corrected chi connectivity index (χ3v) is 2.81. The fourth-order valence-electron chi connectivity index (χ4n) is 1.05. The summed E-state index contributed by atoms with van der Waals surface area (Å²) >= 11 is 1.54. The molecular weight excluding hydrogens is 162 g/mol. The van der Waals surface area contributed by atoms with Crippen molar-refractivity contribution in [2.75, 3.05) is 12.8 Å². The van der Waals surface area contributed by atoms with Crippen LogP contribution in [0, 0.1) is 0 Å². The number of rotatable bonds is 2. The lowest BCUT2D eigenvalue weighted by Gasteiger charge is -2.06. The molecule has 4 heteroatoms. The first-order valence-corrected chi connectivity index (χ1v) is 4.63. The van der Waals surface area contributed by atoms with Crippen molar-refractivity contribution in [3.8, 4) is 0 Å². The lowest BCUT2D eigenvalue weighted by atomic mass is 10.4. The first-order valence-electron chi connectivity index (χ1n) is 3.58. The van der Waals surface area contributed by atoms with E-state index >= 15 is 0 Å². The van der Waals surface area contributed by atoms with Crippen LogP contribution < -0.4 is 0 Å². The molecule has 1 aliphatic rings. The Morgan fingerprint density at radius 2 is 2.27 bits per heavy atom. The van der Waals surface area contributed by atoms with Crippen molar-refractivity contribution in [3.63, 3.8) is 0 Å². The molecule has 1 atom stereocenters. The number of carbonyl (C=O) groups is 2. The van der Waals surface area contributed by atoms with Gasteiger partial charge in [0.15, 0.2) is 0 Å². The van der Waals surface area contributed by atoms with Crippen LogP contribution in [0.25, 0.3) is 0 Å². The maximum atomic E-state index is 11.2. The van der Waals surface area contributed by atoms with Crippen LogP contribution >= 0.6 is 11.8 Å². The van der Waals surface area contributed by atoms with Crippen molar-refractivity contribution >= 4 is 23.6 Å². The van der Waals surface area contributed by atoms with Crippen molar-refractivity contribution < 1.29 is 9.59 Å². The second kappa shape index (κ2) is 3.26. The zero-order valence-electron chi connectivity index (χ0n) is 6.66. The van der Waals surface area contributed by atoms with Crippen LogP contribution in [0.5, 0.6) is 0 Å². The number of amides is 2. The van der Waals surface area contributed by atoms with Crippen molar-refractivity contribution in [2.45, 2.75) is 18.6 Å². The van der Waals surface area contributed by atoms with E-state index in [4.69, 9.17) is 0 Å². The van der Waals surface area contributed by atoms with Gasteiger partial charge in [0.25, 0.3) is 0 Å². The van der Waals surface area contributed by atoms with Crippen LogP contribution in [0.4, 0.5) is 0 Å². The highest BCUT2D eigenvalue weighted by atomic mass is 32.2. The number of thioether (sulfide) groups is 1. The average Bonchev–Trinajstić information content (AvgIpc) is 2.19. The molecule has 1 heterocycles. The van der Waals surface area contributed by atoms with E-state index in [9.17, 15) is 9.59 Å². The van der Waals surface area contributed by atoms with E-state index in [1.807, 2.05) is 6.92 Å². The number of imide groups is 1. The van der Waals surface area contributed by atoms with Crippen LogP contribution in [0.2, 0.25) is 0 Å². The minimum Gasteiger partial charge on any atom is -0.285 e. The molecular formula is C7H11NO2S. The van der Waals surface area contributed by atoms with Crippen molar-refractivity contribution in [1.29, 1.82) is 0 Å². The smallest absolute Gasteiger partial charge is 0.242 e. The molecule has 0 saturated carbocycles. The summed E-state index contributed by atoms with van der Waals surface area (Å²) in [5.74, 6) is 0.792. The maximum absolute atomic E-state index is 11.2. The van der Waals surface area contributed by atoms with Crippen LogP contribution in [0.1, 0.15) is 13.3 Å². The van der Waals surface area contributed by atoms with Crippen LogP contribution in [-0.4, -0.2) is 34.8 Å². The van der Waals surface area contributed by atoms with Gasteiger partial charge in [0.05, 0.1) is 5.25 Å². The Hall–Kier alpha value is -0.510. The molecule has 1 saturated heterocycles. The predicted octanol–water partition coefficient (Wildman–Crippen LogP) is 0.497. The number of carbonyl (C=O) groups excluding carboxylic acids is 2. The van der Waals surface area contributed by atoms with Gasteiger partial charge in [-0.3, -0.25) is 14.5 Å². The van der Waals surface area contributed by atoms with Crippen molar-refractivity contribution in [2.24, 2.45) is 0 Å². The van der Waals surface area contributed by atoms with Crippen LogP contribution in [0.3, 0.4) is 0 Å². The van der Waals surface area contributed by atoms with Gasteiger partial charge in [-0.1, -0.05) is 6.92 Å². The summed E-state index contributed by atoms with van der Waals surface area (Å²) in [6.45, 7) is 1.99. The highest BCUT2D eigenvalue weighted by molar-refractivity contribution is 8.00. The standard InChI is InChI=1S/C7H11NO2S/c1-3-11-5-4-6(9)8(2)7(5)10/h5H,3-4H2,1-2H3.